The van der Waals surface area contributed by atoms with Gasteiger partial charge in [0, 0.05) is 6.20 Å². The molecule has 0 aliphatic carbocycles. The van der Waals surface area contributed by atoms with E-state index in [2.05, 4.69) is 24.1 Å². The molecule has 1 rings (SSSR count). The van der Waals surface area contributed by atoms with Crippen LogP contribution in [0.2, 0.25) is 0 Å². The number of carbonyl (C=O) groups excluding carboxylic acids is 1. The highest BCUT2D eigenvalue weighted by molar-refractivity contribution is 5.85. The van der Waals surface area contributed by atoms with Crippen molar-refractivity contribution in [1.29, 1.82) is 0 Å². The van der Waals surface area contributed by atoms with Crippen LogP contribution < -0.4 is 11.1 Å². The van der Waals surface area contributed by atoms with Gasteiger partial charge in [0.25, 0.3) is 0 Å². The molecule has 0 aliphatic rings. The van der Waals surface area contributed by atoms with E-state index in [1.807, 2.05) is 19.1 Å². The highest BCUT2D eigenvalue weighted by Crippen LogP contribution is 2.22. The Bertz CT molecular complexity index is 394. The first-order valence-corrected chi connectivity index (χ1v) is 5.91. The first-order valence-electron chi connectivity index (χ1n) is 5.91. The van der Waals surface area contributed by atoms with Crippen molar-refractivity contribution in [2.75, 3.05) is 0 Å². The van der Waals surface area contributed by atoms with Gasteiger partial charge in [0.05, 0.1) is 17.8 Å². The maximum Gasteiger partial charge on any atom is 0.237 e. The Morgan fingerprint density at radius 3 is 2.44 bits per heavy atom. The third kappa shape index (κ3) is 4.27. The fourth-order valence-electron chi connectivity index (χ4n) is 1.66. The third-order valence-corrected chi connectivity index (χ3v) is 2.72. The summed E-state index contributed by atoms with van der Waals surface area (Å²) < 4.78 is 0. The number of halogens is 1. The minimum atomic E-state index is -0.500. The SMILES string of the molecule is Cc1cccnc1C(NC(=O)C(C)N)C(C)C.Cl. The van der Waals surface area contributed by atoms with Crippen LogP contribution in [0.25, 0.3) is 0 Å². The molecule has 0 saturated carbocycles. The molecule has 4 nitrogen and oxygen atoms in total. The molecule has 0 saturated heterocycles. The molecule has 3 N–H and O–H groups in total. The number of hydrogen-bond acceptors (Lipinski definition) is 3. The molecule has 18 heavy (non-hydrogen) atoms. The maximum absolute atomic E-state index is 11.7. The van der Waals surface area contributed by atoms with Gasteiger partial charge in [-0.3, -0.25) is 9.78 Å². The van der Waals surface area contributed by atoms with Gasteiger partial charge >= 0.3 is 0 Å². The summed E-state index contributed by atoms with van der Waals surface area (Å²) in [7, 11) is 0. The van der Waals surface area contributed by atoms with E-state index in [0.29, 0.717) is 0 Å². The fourth-order valence-corrected chi connectivity index (χ4v) is 1.66. The van der Waals surface area contributed by atoms with Crippen molar-refractivity contribution in [3.63, 3.8) is 0 Å². The smallest absolute Gasteiger partial charge is 0.237 e. The van der Waals surface area contributed by atoms with Crippen LogP contribution in [0.4, 0.5) is 0 Å². The lowest BCUT2D eigenvalue weighted by Crippen LogP contribution is -2.42. The van der Waals surface area contributed by atoms with Gasteiger partial charge in [-0.1, -0.05) is 19.9 Å². The molecule has 102 valence electrons. The number of amides is 1. The predicted octanol–water partition coefficient (Wildman–Crippen LogP) is 1.97. The zero-order valence-electron chi connectivity index (χ0n) is 11.3. The Hall–Kier alpha value is -1.13. The van der Waals surface area contributed by atoms with Crippen LogP contribution >= 0.6 is 12.4 Å². The zero-order valence-corrected chi connectivity index (χ0v) is 12.1. The maximum atomic E-state index is 11.7. The second-order valence-electron chi connectivity index (χ2n) is 4.72. The molecule has 0 spiro atoms. The van der Waals surface area contributed by atoms with Gasteiger partial charge in [-0.05, 0) is 31.4 Å². The molecule has 5 heteroatoms. The van der Waals surface area contributed by atoms with E-state index in [-0.39, 0.29) is 30.3 Å². The number of aromatic nitrogens is 1. The predicted molar refractivity (Wildman–Crippen MR) is 75.6 cm³/mol. The highest BCUT2D eigenvalue weighted by Gasteiger charge is 2.22. The normalized spacial score (nSPS) is 13.7. The number of nitrogens with one attached hydrogen (secondary N) is 1. The number of pyridine rings is 1. The van der Waals surface area contributed by atoms with Crippen LogP contribution in [0.3, 0.4) is 0 Å². The molecular weight excluding hydrogens is 250 g/mol. The van der Waals surface area contributed by atoms with Crippen LogP contribution in [0.5, 0.6) is 0 Å². The molecule has 1 heterocycles. The van der Waals surface area contributed by atoms with E-state index >= 15 is 0 Å². The molecule has 0 aromatic carbocycles. The summed E-state index contributed by atoms with van der Waals surface area (Å²) in [4.78, 5) is 16.0. The van der Waals surface area contributed by atoms with E-state index in [1.165, 1.54) is 0 Å². The zero-order chi connectivity index (χ0) is 13.0. The minimum absolute atomic E-state index is 0. The second-order valence-corrected chi connectivity index (χ2v) is 4.72. The van der Waals surface area contributed by atoms with Crippen molar-refractivity contribution in [2.45, 2.75) is 39.8 Å². The molecule has 0 fully saturated rings. The van der Waals surface area contributed by atoms with Crippen molar-refractivity contribution < 1.29 is 4.79 Å². The third-order valence-electron chi connectivity index (χ3n) is 2.72. The summed E-state index contributed by atoms with van der Waals surface area (Å²) in [5, 5.41) is 2.95. The summed E-state index contributed by atoms with van der Waals surface area (Å²) >= 11 is 0. The number of hydrogen-bond donors (Lipinski definition) is 2. The second kappa shape index (κ2) is 7.34. The van der Waals surface area contributed by atoms with Gasteiger partial charge in [-0.25, -0.2) is 0 Å². The first-order chi connectivity index (χ1) is 7.93. The van der Waals surface area contributed by atoms with E-state index in [9.17, 15) is 4.79 Å². The minimum Gasteiger partial charge on any atom is -0.346 e. The average molecular weight is 272 g/mol. The van der Waals surface area contributed by atoms with Crippen LogP contribution in [-0.2, 0) is 4.79 Å². The van der Waals surface area contributed by atoms with E-state index < -0.39 is 6.04 Å². The molecule has 0 radical (unpaired) electrons. The topological polar surface area (TPSA) is 68.0 Å². The number of carbonyl (C=O) groups is 1. The summed E-state index contributed by atoms with van der Waals surface area (Å²) in [6, 6.07) is 3.30. The van der Waals surface area contributed by atoms with Crippen molar-refractivity contribution in [2.24, 2.45) is 11.7 Å². The van der Waals surface area contributed by atoms with Crippen LogP contribution in [-0.4, -0.2) is 16.9 Å². The molecular formula is C13H22ClN3O. The summed E-state index contributed by atoms with van der Waals surface area (Å²) in [6.07, 6.45) is 1.75. The number of rotatable bonds is 4. The Labute approximate surface area is 115 Å². The van der Waals surface area contributed by atoms with E-state index in [1.54, 1.807) is 13.1 Å². The highest BCUT2D eigenvalue weighted by atomic mass is 35.5. The first kappa shape index (κ1) is 16.9. The Balaban J connectivity index is 0.00000289. The molecule has 2 atom stereocenters. The lowest BCUT2D eigenvalue weighted by molar-refractivity contribution is -0.123. The summed E-state index contributed by atoms with van der Waals surface area (Å²) in [6.45, 7) is 7.79. The van der Waals surface area contributed by atoms with Crippen molar-refractivity contribution in [1.82, 2.24) is 10.3 Å². The van der Waals surface area contributed by atoms with Gasteiger partial charge in [-0.15, -0.1) is 12.4 Å². The van der Waals surface area contributed by atoms with Gasteiger partial charge in [0.1, 0.15) is 0 Å². The van der Waals surface area contributed by atoms with E-state index in [4.69, 9.17) is 5.73 Å². The fraction of sp³-hybridized carbons (Fsp3) is 0.538. The number of aryl methyl sites for hydroxylation is 1. The molecule has 2 unspecified atom stereocenters. The largest absolute Gasteiger partial charge is 0.346 e. The number of nitrogens with two attached hydrogens (primary N) is 1. The Morgan fingerprint density at radius 2 is 2.00 bits per heavy atom. The molecule has 0 bridgehead atoms. The van der Waals surface area contributed by atoms with Gasteiger partial charge in [0.2, 0.25) is 5.91 Å². The Morgan fingerprint density at radius 1 is 1.39 bits per heavy atom. The van der Waals surface area contributed by atoms with Crippen molar-refractivity contribution in [3.05, 3.63) is 29.6 Å². The van der Waals surface area contributed by atoms with Gasteiger partial charge in [0.15, 0.2) is 0 Å². The molecule has 1 amide bonds. The lowest BCUT2D eigenvalue weighted by Gasteiger charge is -2.24. The average Bonchev–Trinajstić information content (AvgIpc) is 2.26. The number of nitrogens with zero attached hydrogens (tertiary/aromatic N) is 1. The summed E-state index contributed by atoms with van der Waals surface area (Å²) in [5.41, 5.74) is 7.56. The van der Waals surface area contributed by atoms with Crippen molar-refractivity contribution >= 4 is 18.3 Å². The summed E-state index contributed by atoms with van der Waals surface area (Å²) in [5.74, 6) is 0.125. The lowest BCUT2D eigenvalue weighted by atomic mass is 9.97. The van der Waals surface area contributed by atoms with Gasteiger partial charge < -0.3 is 11.1 Å². The standard InChI is InChI=1S/C13H21N3O.ClH/c1-8(2)11(16-13(17)10(4)14)12-9(3)6-5-7-15-12;/h5-8,10-11H,14H2,1-4H3,(H,16,17);1H. The quantitative estimate of drug-likeness (QED) is 0.880. The molecule has 1 aromatic rings. The molecule has 1 aromatic heterocycles. The molecule has 0 aliphatic heterocycles. The van der Waals surface area contributed by atoms with Crippen molar-refractivity contribution in [3.8, 4) is 0 Å². The van der Waals surface area contributed by atoms with Gasteiger partial charge in [-0.2, -0.15) is 0 Å². The van der Waals surface area contributed by atoms with E-state index in [0.717, 1.165) is 11.3 Å². The van der Waals surface area contributed by atoms with Crippen LogP contribution in [0.15, 0.2) is 18.3 Å². The monoisotopic (exact) mass is 271 g/mol. The van der Waals surface area contributed by atoms with Crippen LogP contribution in [0.1, 0.15) is 38.1 Å². The Kier molecular flexibility index (Phi) is 6.88. The van der Waals surface area contributed by atoms with Crippen LogP contribution in [0, 0.1) is 12.8 Å².